The fraction of sp³-hybridized carbons (Fsp3) is 0.524. The Morgan fingerprint density at radius 2 is 1.72 bits per heavy atom. The summed E-state index contributed by atoms with van der Waals surface area (Å²) in [6.07, 6.45) is 0.0193. The number of carbonyl (C=O) groups is 4. The van der Waals surface area contributed by atoms with Crippen molar-refractivity contribution in [1.82, 2.24) is 10.6 Å². The molecule has 11 nitrogen and oxygen atoms in total. The Labute approximate surface area is 186 Å². The summed E-state index contributed by atoms with van der Waals surface area (Å²) in [5.74, 6) is -3.45. The molecule has 1 rings (SSSR count). The van der Waals surface area contributed by atoms with Gasteiger partial charge in [0.2, 0.25) is 17.7 Å². The van der Waals surface area contributed by atoms with Crippen molar-refractivity contribution < 1.29 is 28.8 Å². The van der Waals surface area contributed by atoms with Crippen LogP contribution in [0.5, 0.6) is 0 Å². The van der Waals surface area contributed by atoms with Crippen LogP contribution in [0.25, 0.3) is 0 Å². The number of nitro groups is 1. The molecule has 0 radical (unpaired) electrons. The maximum absolute atomic E-state index is 12.9. The Morgan fingerprint density at radius 1 is 1.12 bits per heavy atom. The van der Waals surface area contributed by atoms with Crippen LogP contribution in [-0.4, -0.2) is 47.3 Å². The van der Waals surface area contributed by atoms with Gasteiger partial charge in [-0.3, -0.25) is 29.3 Å². The number of nitrogens with two attached hydrogens (primary N) is 1. The van der Waals surface area contributed by atoms with Gasteiger partial charge in [0.15, 0.2) is 0 Å². The number of hydrogen-bond donors (Lipinski definition) is 3. The summed E-state index contributed by atoms with van der Waals surface area (Å²) >= 11 is 0. The van der Waals surface area contributed by atoms with Crippen molar-refractivity contribution in [3.8, 4) is 0 Å². The molecule has 1 aromatic rings. The Balaban J connectivity index is 3.28. The smallest absolute Gasteiger partial charge is 0.306 e. The van der Waals surface area contributed by atoms with Gasteiger partial charge >= 0.3 is 5.97 Å². The summed E-state index contributed by atoms with van der Waals surface area (Å²) in [5, 5.41) is 16.0. The van der Waals surface area contributed by atoms with Crippen molar-refractivity contribution >= 4 is 29.4 Å². The van der Waals surface area contributed by atoms with Crippen LogP contribution in [0.4, 0.5) is 5.69 Å². The second kappa shape index (κ2) is 12.4. The Bertz CT molecular complexity index is 839. The van der Waals surface area contributed by atoms with Crippen LogP contribution >= 0.6 is 0 Å². The molecule has 0 saturated heterocycles. The molecule has 0 aliphatic heterocycles. The van der Waals surface area contributed by atoms with E-state index in [4.69, 9.17) is 10.5 Å². The minimum Gasteiger partial charge on any atom is -0.466 e. The quantitative estimate of drug-likeness (QED) is 0.243. The zero-order chi connectivity index (χ0) is 24.4. The molecule has 0 saturated carbocycles. The number of nitrogens with one attached hydrogen (secondary N) is 2. The fourth-order valence-corrected chi connectivity index (χ4v) is 3.24. The zero-order valence-electron chi connectivity index (χ0n) is 18.6. The number of ether oxygens (including phenoxy) is 1. The van der Waals surface area contributed by atoms with Crippen LogP contribution in [0.3, 0.4) is 0 Å². The van der Waals surface area contributed by atoms with E-state index < -0.39 is 46.6 Å². The number of carbonyl (C=O) groups excluding carboxylic acids is 4. The molecule has 0 aromatic heterocycles. The van der Waals surface area contributed by atoms with Crippen molar-refractivity contribution in [2.24, 2.45) is 11.7 Å². The van der Waals surface area contributed by atoms with Gasteiger partial charge < -0.3 is 21.1 Å². The van der Waals surface area contributed by atoms with Crippen LogP contribution in [-0.2, 0) is 23.9 Å². The topological polar surface area (TPSA) is 171 Å². The third kappa shape index (κ3) is 8.32. The van der Waals surface area contributed by atoms with E-state index in [1.807, 2.05) is 13.8 Å². The largest absolute Gasteiger partial charge is 0.466 e. The highest BCUT2D eigenvalue weighted by atomic mass is 16.6. The van der Waals surface area contributed by atoms with Crippen LogP contribution in [0, 0.1) is 16.0 Å². The molecule has 32 heavy (non-hydrogen) atoms. The van der Waals surface area contributed by atoms with Crippen LogP contribution in [0.2, 0.25) is 0 Å². The molecule has 0 aliphatic rings. The molecule has 0 bridgehead atoms. The highest BCUT2D eigenvalue weighted by molar-refractivity contribution is 5.92. The van der Waals surface area contributed by atoms with E-state index in [9.17, 15) is 29.3 Å². The fourth-order valence-electron chi connectivity index (χ4n) is 3.24. The van der Waals surface area contributed by atoms with E-state index in [1.165, 1.54) is 31.2 Å². The summed E-state index contributed by atoms with van der Waals surface area (Å²) in [4.78, 5) is 59.2. The maximum Gasteiger partial charge on any atom is 0.306 e. The van der Waals surface area contributed by atoms with Crippen LogP contribution < -0.4 is 16.4 Å². The minimum absolute atomic E-state index is 0.0645. The third-order valence-corrected chi connectivity index (χ3v) is 4.63. The van der Waals surface area contributed by atoms with Gasteiger partial charge in [-0.2, -0.15) is 0 Å². The molecule has 0 fully saturated rings. The third-order valence-electron chi connectivity index (χ3n) is 4.63. The molecular formula is C21H30N4O7. The average molecular weight is 450 g/mol. The predicted octanol–water partition coefficient (Wildman–Crippen LogP) is 1.15. The number of non-ortho nitro benzene ring substituents is 1. The standard InChI is InChI=1S/C21H30N4O7/c1-5-32-18(27)11-16(14-6-8-15(9-7-14)25(30)31)19(20(22)28)24-21(29)17(10-12(2)3)23-13(4)26/h6-9,12,16-17,19H,5,10-11H2,1-4H3,(H2,22,28)(H,23,26)(H,24,29)/t16-,17-,19+/m0/s1. The van der Waals surface area contributed by atoms with Gasteiger partial charge in [-0.15, -0.1) is 0 Å². The second-order valence-corrected chi connectivity index (χ2v) is 7.74. The molecule has 4 N–H and O–H groups in total. The SMILES string of the molecule is CCOC(=O)C[C@@H](c1ccc([N+](=O)[O-])cc1)[C@@H](NC(=O)[C@H](CC(C)C)NC(C)=O)C(N)=O. The van der Waals surface area contributed by atoms with Gasteiger partial charge in [0.1, 0.15) is 12.1 Å². The molecular weight excluding hydrogens is 420 g/mol. The van der Waals surface area contributed by atoms with Crippen LogP contribution in [0.15, 0.2) is 24.3 Å². The summed E-state index contributed by atoms with van der Waals surface area (Å²) < 4.78 is 4.97. The van der Waals surface area contributed by atoms with E-state index in [-0.39, 0.29) is 24.6 Å². The van der Waals surface area contributed by atoms with Crippen molar-refractivity contribution in [1.29, 1.82) is 0 Å². The number of esters is 1. The van der Waals surface area contributed by atoms with E-state index in [1.54, 1.807) is 6.92 Å². The molecule has 3 atom stereocenters. The van der Waals surface area contributed by atoms with Gasteiger partial charge in [0, 0.05) is 25.0 Å². The number of primary amides is 1. The first-order valence-electron chi connectivity index (χ1n) is 10.2. The highest BCUT2D eigenvalue weighted by Crippen LogP contribution is 2.27. The maximum atomic E-state index is 12.9. The van der Waals surface area contributed by atoms with Crippen molar-refractivity contribution in [2.75, 3.05) is 6.61 Å². The number of nitro benzene ring substituents is 1. The van der Waals surface area contributed by atoms with Gasteiger partial charge in [-0.05, 0) is 24.8 Å². The average Bonchev–Trinajstić information content (AvgIpc) is 2.69. The molecule has 1 aromatic carbocycles. The monoisotopic (exact) mass is 450 g/mol. The first-order chi connectivity index (χ1) is 15.0. The number of amides is 3. The minimum atomic E-state index is -1.32. The summed E-state index contributed by atoms with van der Waals surface area (Å²) in [5.41, 5.74) is 5.76. The van der Waals surface area contributed by atoms with Gasteiger partial charge in [-0.1, -0.05) is 26.0 Å². The molecule has 3 amide bonds. The molecule has 0 heterocycles. The van der Waals surface area contributed by atoms with Gasteiger partial charge in [0.05, 0.1) is 18.0 Å². The number of nitrogens with zero attached hydrogens (tertiary/aromatic N) is 1. The first kappa shape index (κ1) is 26.5. The summed E-state index contributed by atoms with van der Waals surface area (Å²) in [7, 11) is 0. The lowest BCUT2D eigenvalue weighted by Crippen LogP contribution is -2.55. The van der Waals surface area contributed by atoms with E-state index >= 15 is 0 Å². The van der Waals surface area contributed by atoms with Crippen molar-refractivity contribution in [3.63, 3.8) is 0 Å². The molecule has 176 valence electrons. The second-order valence-electron chi connectivity index (χ2n) is 7.74. The van der Waals surface area contributed by atoms with Crippen LogP contribution in [0.1, 0.15) is 52.0 Å². The molecule has 0 spiro atoms. The lowest BCUT2D eigenvalue weighted by Gasteiger charge is -2.28. The van der Waals surface area contributed by atoms with Gasteiger partial charge in [0.25, 0.3) is 5.69 Å². The Hall–Kier alpha value is -3.50. The Kier molecular flexibility index (Phi) is 10.3. The van der Waals surface area contributed by atoms with Crippen molar-refractivity contribution in [2.45, 2.75) is 58.5 Å². The number of hydrogen-bond acceptors (Lipinski definition) is 7. The summed E-state index contributed by atoms with van der Waals surface area (Å²) in [6.45, 7) is 6.74. The van der Waals surface area contributed by atoms with Gasteiger partial charge in [-0.25, -0.2) is 0 Å². The van der Waals surface area contributed by atoms with E-state index in [0.717, 1.165) is 0 Å². The predicted molar refractivity (Wildman–Crippen MR) is 115 cm³/mol. The lowest BCUT2D eigenvalue weighted by molar-refractivity contribution is -0.384. The van der Waals surface area contributed by atoms with Crippen molar-refractivity contribution in [3.05, 3.63) is 39.9 Å². The van der Waals surface area contributed by atoms with E-state index in [0.29, 0.717) is 12.0 Å². The Morgan fingerprint density at radius 3 is 2.16 bits per heavy atom. The number of benzene rings is 1. The van der Waals surface area contributed by atoms with E-state index in [2.05, 4.69) is 10.6 Å². The highest BCUT2D eigenvalue weighted by Gasteiger charge is 2.34. The summed E-state index contributed by atoms with van der Waals surface area (Å²) in [6, 6.07) is 3.01. The zero-order valence-corrected chi connectivity index (χ0v) is 18.6. The first-order valence-corrected chi connectivity index (χ1v) is 10.2. The molecule has 0 aliphatic carbocycles. The number of rotatable bonds is 12. The molecule has 11 heteroatoms. The molecule has 0 unspecified atom stereocenters. The lowest BCUT2D eigenvalue weighted by atomic mass is 9.87. The normalized spacial score (nSPS) is 13.5.